The highest BCUT2D eigenvalue weighted by Gasteiger charge is 2.23. The van der Waals surface area contributed by atoms with E-state index in [2.05, 4.69) is 40.7 Å². The van der Waals surface area contributed by atoms with Gasteiger partial charge in [-0.15, -0.1) is 0 Å². The lowest BCUT2D eigenvalue weighted by atomic mass is 9.86. The fourth-order valence-electron chi connectivity index (χ4n) is 3.58. The summed E-state index contributed by atoms with van der Waals surface area (Å²) in [4.78, 5) is 18.4. The number of aromatic nitrogens is 2. The number of nitrogens with zero attached hydrogens (tertiary/aromatic N) is 2. The first kappa shape index (κ1) is 20.3. The highest BCUT2D eigenvalue weighted by molar-refractivity contribution is 5.78. The predicted molar refractivity (Wildman–Crippen MR) is 117 cm³/mol. The topological polar surface area (TPSA) is 60.9 Å². The summed E-state index contributed by atoms with van der Waals surface area (Å²) in [6.45, 7) is 11.7. The summed E-state index contributed by atoms with van der Waals surface area (Å²) in [7, 11) is 0. The molecule has 148 valence electrons. The quantitative estimate of drug-likeness (QED) is 0.715. The molecule has 1 heterocycles. The van der Waals surface area contributed by atoms with Crippen LogP contribution >= 0.6 is 0 Å². The van der Waals surface area contributed by atoms with Crippen LogP contribution in [-0.4, -0.2) is 16.1 Å². The average Bonchev–Trinajstić information content (AvgIpc) is 2.64. The van der Waals surface area contributed by atoms with E-state index in [4.69, 9.17) is 10.7 Å². The van der Waals surface area contributed by atoms with Crippen molar-refractivity contribution in [2.24, 2.45) is 11.7 Å². The van der Waals surface area contributed by atoms with E-state index < -0.39 is 0 Å². The van der Waals surface area contributed by atoms with Gasteiger partial charge in [-0.25, -0.2) is 4.98 Å². The Balaban J connectivity index is 2.26. The van der Waals surface area contributed by atoms with Crippen LogP contribution in [-0.2, 0) is 12.0 Å². The number of benzene rings is 2. The lowest BCUT2D eigenvalue weighted by Gasteiger charge is -2.24. The van der Waals surface area contributed by atoms with Gasteiger partial charge in [0.1, 0.15) is 5.82 Å². The Bertz CT molecular complexity index is 1010. The van der Waals surface area contributed by atoms with Crippen molar-refractivity contribution >= 4 is 10.9 Å². The SMILES string of the molecule is CC(C)C(CN)c1nc2cc(C(C)(C)C)ccc2c(=O)n1Cc1ccccc1. The summed E-state index contributed by atoms with van der Waals surface area (Å²) < 4.78 is 1.81. The van der Waals surface area contributed by atoms with Crippen LogP contribution in [0.25, 0.3) is 10.9 Å². The second-order valence-electron chi connectivity index (χ2n) is 8.92. The minimum Gasteiger partial charge on any atom is -0.330 e. The standard InChI is InChI=1S/C24H31N3O/c1-16(2)20(14-25)22-26-21-13-18(24(3,4)5)11-12-19(21)23(28)27(22)15-17-9-7-6-8-10-17/h6-13,16,20H,14-15,25H2,1-5H3. The predicted octanol–water partition coefficient (Wildman–Crippen LogP) is 4.44. The van der Waals surface area contributed by atoms with Gasteiger partial charge in [-0.3, -0.25) is 9.36 Å². The molecule has 0 spiro atoms. The maximum Gasteiger partial charge on any atom is 0.261 e. The zero-order valence-electron chi connectivity index (χ0n) is 17.6. The van der Waals surface area contributed by atoms with Gasteiger partial charge in [0, 0.05) is 12.5 Å². The molecule has 1 aromatic heterocycles. The van der Waals surface area contributed by atoms with Gasteiger partial charge in [0.2, 0.25) is 0 Å². The smallest absolute Gasteiger partial charge is 0.261 e. The molecule has 0 saturated carbocycles. The van der Waals surface area contributed by atoms with Crippen LogP contribution in [0.15, 0.2) is 53.3 Å². The summed E-state index contributed by atoms with van der Waals surface area (Å²) in [6, 6.07) is 16.1. The lowest BCUT2D eigenvalue weighted by molar-refractivity contribution is 0.458. The Kier molecular flexibility index (Phi) is 5.71. The first-order valence-electron chi connectivity index (χ1n) is 10.0. The van der Waals surface area contributed by atoms with Gasteiger partial charge in [-0.2, -0.15) is 0 Å². The summed E-state index contributed by atoms with van der Waals surface area (Å²) >= 11 is 0. The van der Waals surface area contributed by atoms with Gasteiger partial charge in [0.15, 0.2) is 0 Å². The summed E-state index contributed by atoms with van der Waals surface area (Å²) in [5.74, 6) is 1.10. The Morgan fingerprint density at radius 2 is 1.75 bits per heavy atom. The van der Waals surface area contributed by atoms with Gasteiger partial charge in [0.25, 0.3) is 5.56 Å². The number of fused-ring (bicyclic) bond motifs is 1. The zero-order chi connectivity index (χ0) is 20.5. The van der Waals surface area contributed by atoms with Crippen LogP contribution in [0.1, 0.15) is 57.5 Å². The molecule has 0 aliphatic heterocycles. The highest BCUT2D eigenvalue weighted by atomic mass is 16.1. The van der Waals surface area contributed by atoms with E-state index in [0.717, 1.165) is 16.9 Å². The summed E-state index contributed by atoms with van der Waals surface area (Å²) in [5.41, 5.74) is 9.12. The third-order valence-electron chi connectivity index (χ3n) is 5.42. The van der Waals surface area contributed by atoms with E-state index in [1.165, 1.54) is 5.56 Å². The maximum absolute atomic E-state index is 13.4. The Hall–Kier alpha value is -2.46. The van der Waals surface area contributed by atoms with E-state index in [1.807, 2.05) is 47.0 Å². The molecule has 3 aromatic rings. The van der Waals surface area contributed by atoms with E-state index in [1.54, 1.807) is 0 Å². The minimum atomic E-state index is 0.000249. The van der Waals surface area contributed by atoms with Crippen LogP contribution in [0.4, 0.5) is 0 Å². The second-order valence-corrected chi connectivity index (χ2v) is 8.92. The molecular weight excluding hydrogens is 346 g/mol. The maximum atomic E-state index is 13.4. The molecule has 0 fully saturated rings. The van der Waals surface area contributed by atoms with E-state index in [0.29, 0.717) is 24.4 Å². The van der Waals surface area contributed by atoms with E-state index >= 15 is 0 Å². The molecule has 4 heteroatoms. The molecule has 0 radical (unpaired) electrons. The van der Waals surface area contributed by atoms with Gasteiger partial charge in [0.05, 0.1) is 17.4 Å². The first-order chi connectivity index (χ1) is 13.2. The molecule has 1 atom stereocenters. The van der Waals surface area contributed by atoms with Gasteiger partial charge in [-0.1, -0.05) is 71.0 Å². The molecule has 4 nitrogen and oxygen atoms in total. The van der Waals surface area contributed by atoms with Crippen molar-refractivity contribution < 1.29 is 0 Å². The number of hydrogen-bond donors (Lipinski definition) is 1. The summed E-state index contributed by atoms with van der Waals surface area (Å²) in [5, 5.41) is 0.659. The molecule has 0 bridgehead atoms. The molecule has 0 saturated heterocycles. The lowest BCUT2D eigenvalue weighted by Crippen LogP contribution is -2.31. The van der Waals surface area contributed by atoms with Gasteiger partial charge < -0.3 is 5.73 Å². The van der Waals surface area contributed by atoms with Crippen LogP contribution in [0.3, 0.4) is 0 Å². The second kappa shape index (κ2) is 7.88. The largest absolute Gasteiger partial charge is 0.330 e. The summed E-state index contributed by atoms with van der Waals surface area (Å²) in [6.07, 6.45) is 0. The number of rotatable bonds is 5. The number of nitrogens with two attached hydrogens (primary N) is 1. The fraction of sp³-hybridized carbons (Fsp3) is 0.417. The van der Waals surface area contributed by atoms with Crippen LogP contribution in [0.5, 0.6) is 0 Å². The van der Waals surface area contributed by atoms with E-state index in [9.17, 15) is 4.79 Å². The number of hydrogen-bond acceptors (Lipinski definition) is 3. The van der Waals surface area contributed by atoms with Crippen molar-refractivity contribution in [2.75, 3.05) is 6.54 Å². The first-order valence-corrected chi connectivity index (χ1v) is 10.0. The molecule has 28 heavy (non-hydrogen) atoms. The van der Waals surface area contributed by atoms with Crippen LogP contribution < -0.4 is 11.3 Å². The minimum absolute atomic E-state index is 0.000249. The Labute approximate surface area is 167 Å². The third kappa shape index (κ3) is 4.02. The zero-order valence-corrected chi connectivity index (χ0v) is 17.6. The van der Waals surface area contributed by atoms with Gasteiger partial charge >= 0.3 is 0 Å². The molecule has 3 rings (SSSR count). The molecule has 2 aromatic carbocycles. The molecule has 0 amide bonds. The van der Waals surface area contributed by atoms with Crippen LogP contribution in [0.2, 0.25) is 0 Å². The van der Waals surface area contributed by atoms with E-state index in [-0.39, 0.29) is 16.9 Å². The average molecular weight is 378 g/mol. The molecule has 2 N–H and O–H groups in total. The van der Waals surface area contributed by atoms with Gasteiger partial charge in [-0.05, 0) is 34.6 Å². The molecule has 0 aliphatic rings. The highest BCUT2D eigenvalue weighted by Crippen LogP contribution is 2.27. The Morgan fingerprint density at radius 1 is 1.07 bits per heavy atom. The van der Waals surface area contributed by atoms with Crippen molar-refractivity contribution in [3.63, 3.8) is 0 Å². The molecule has 1 unspecified atom stereocenters. The normalized spacial score (nSPS) is 13.2. The van der Waals surface area contributed by atoms with Crippen LogP contribution in [0, 0.1) is 5.92 Å². The molecule has 0 aliphatic carbocycles. The Morgan fingerprint density at radius 3 is 2.32 bits per heavy atom. The van der Waals surface area contributed by atoms with Crippen molar-refractivity contribution in [3.8, 4) is 0 Å². The third-order valence-corrected chi connectivity index (χ3v) is 5.42. The fourth-order valence-corrected chi connectivity index (χ4v) is 3.58. The molecular formula is C24H31N3O. The van der Waals surface area contributed by atoms with Crippen molar-refractivity contribution in [3.05, 3.63) is 75.8 Å². The monoisotopic (exact) mass is 377 g/mol. The van der Waals surface area contributed by atoms with Crippen molar-refractivity contribution in [1.29, 1.82) is 0 Å². The van der Waals surface area contributed by atoms with Crippen molar-refractivity contribution in [1.82, 2.24) is 9.55 Å². The van der Waals surface area contributed by atoms with Crippen molar-refractivity contribution in [2.45, 2.75) is 52.5 Å².